The second-order valence-electron chi connectivity index (χ2n) is 4.78. The summed E-state index contributed by atoms with van der Waals surface area (Å²) in [6.07, 6.45) is 0.229. The van der Waals surface area contributed by atoms with Gasteiger partial charge in [-0.15, -0.1) is 0 Å². The van der Waals surface area contributed by atoms with Crippen molar-refractivity contribution in [3.8, 4) is 0 Å². The smallest absolute Gasteiger partial charge is 0.326 e. The SMILES string of the molecule is O=C(O)C1CC(O)CN1C(=O)CCc1ccccc1. The lowest BCUT2D eigenvalue weighted by Gasteiger charge is -2.21. The number of aryl methyl sites for hydroxylation is 1. The first kappa shape index (κ1) is 13.5. The standard InChI is InChI=1S/C14H17NO4/c16-11-8-12(14(18)19)15(9-11)13(17)7-6-10-4-2-1-3-5-10/h1-5,11-12,16H,6-9H2,(H,18,19). The van der Waals surface area contributed by atoms with Crippen LogP contribution in [-0.2, 0) is 16.0 Å². The molecule has 2 rings (SSSR count). The van der Waals surface area contributed by atoms with Crippen LogP contribution in [0.2, 0.25) is 0 Å². The van der Waals surface area contributed by atoms with Crippen LogP contribution in [0.25, 0.3) is 0 Å². The van der Waals surface area contributed by atoms with E-state index in [-0.39, 0.29) is 25.3 Å². The number of likely N-dealkylation sites (tertiary alicyclic amines) is 1. The highest BCUT2D eigenvalue weighted by Crippen LogP contribution is 2.19. The van der Waals surface area contributed by atoms with E-state index < -0.39 is 18.1 Å². The second-order valence-corrected chi connectivity index (χ2v) is 4.78. The van der Waals surface area contributed by atoms with Crippen molar-refractivity contribution >= 4 is 11.9 Å². The number of aliphatic hydroxyl groups excluding tert-OH is 1. The molecule has 5 heteroatoms. The maximum Gasteiger partial charge on any atom is 0.326 e. The topological polar surface area (TPSA) is 77.8 Å². The molecular formula is C14H17NO4. The fraction of sp³-hybridized carbons (Fsp3) is 0.429. The van der Waals surface area contributed by atoms with Gasteiger partial charge in [0.15, 0.2) is 0 Å². The Labute approximate surface area is 111 Å². The van der Waals surface area contributed by atoms with Gasteiger partial charge in [-0.25, -0.2) is 4.79 Å². The molecule has 0 radical (unpaired) electrons. The van der Waals surface area contributed by atoms with Crippen LogP contribution in [0.4, 0.5) is 0 Å². The Morgan fingerprint density at radius 2 is 1.95 bits per heavy atom. The average molecular weight is 263 g/mol. The molecule has 19 heavy (non-hydrogen) atoms. The molecule has 1 amide bonds. The summed E-state index contributed by atoms with van der Waals surface area (Å²) in [5.41, 5.74) is 1.04. The van der Waals surface area contributed by atoms with E-state index in [2.05, 4.69) is 0 Å². The minimum atomic E-state index is -1.05. The predicted octanol–water partition coefficient (Wildman–Crippen LogP) is 0.666. The van der Waals surface area contributed by atoms with Gasteiger partial charge in [-0.1, -0.05) is 30.3 Å². The molecule has 0 aliphatic carbocycles. The van der Waals surface area contributed by atoms with Gasteiger partial charge in [0.2, 0.25) is 5.91 Å². The summed E-state index contributed by atoms with van der Waals surface area (Å²) >= 11 is 0. The number of carbonyl (C=O) groups is 2. The number of hydrogen-bond donors (Lipinski definition) is 2. The number of amides is 1. The van der Waals surface area contributed by atoms with E-state index in [1.165, 1.54) is 4.90 Å². The number of nitrogens with zero attached hydrogens (tertiary/aromatic N) is 1. The molecule has 1 aliphatic rings. The zero-order chi connectivity index (χ0) is 13.8. The molecule has 5 nitrogen and oxygen atoms in total. The normalized spacial score (nSPS) is 22.5. The summed E-state index contributed by atoms with van der Waals surface area (Å²) in [5, 5.41) is 18.5. The van der Waals surface area contributed by atoms with Crippen LogP contribution < -0.4 is 0 Å². The third-order valence-corrected chi connectivity index (χ3v) is 3.35. The van der Waals surface area contributed by atoms with Gasteiger partial charge in [0.1, 0.15) is 6.04 Å². The van der Waals surface area contributed by atoms with Gasteiger partial charge in [-0.05, 0) is 12.0 Å². The second kappa shape index (κ2) is 5.84. The van der Waals surface area contributed by atoms with E-state index >= 15 is 0 Å². The molecular weight excluding hydrogens is 246 g/mol. The molecule has 1 aromatic carbocycles. The van der Waals surface area contributed by atoms with Crippen LogP contribution in [0, 0.1) is 0 Å². The third-order valence-electron chi connectivity index (χ3n) is 3.35. The predicted molar refractivity (Wildman–Crippen MR) is 68.5 cm³/mol. The first-order valence-corrected chi connectivity index (χ1v) is 6.32. The van der Waals surface area contributed by atoms with Crippen LogP contribution in [-0.4, -0.2) is 45.7 Å². The third kappa shape index (κ3) is 3.32. The summed E-state index contributed by atoms with van der Waals surface area (Å²) < 4.78 is 0. The highest BCUT2D eigenvalue weighted by atomic mass is 16.4. The van der Waals surface area contributed by atoms with Gasteiger partial charge in [-0.3, -0.25) is 4.79 Å². The maximum atomic E-state index is 12.0. The van der Waals surface area contributed by atoms with Gasteiger partial charge in [0.05, 0.1) is 6.10 Å². The molecule has 2 N–H and O–H groups in total. The molecule has 1 aromatic rings. The molecule has 102 valence electrons. The van der Waals surface area contributed by atoms with E-state index in [0.29, 0.717) is 6.42 Å². The number of aliphatic carboxylic acids is 1. The summed E-state index contributed by atoms with van der Waals surface area (Å²) in [5.74, 6) is -1.27. The van der Waals surface area contributed by atoms with Gasteiger partial charge in [-0.2, -0.15) is 0 Å². The van der Waals surface area contributed by atoms with Gasteiger partial charge < -0.3 is 15.1 Å². The van der Waals surface area contributed by atoms with Gasteiger partial charge in [0, 0.05) is 19.4 Å². The van der Waals surface area contributed by atoms with E-state index in [1.54, 1.807) is 0 Å². The number of β-amino-alcohol motifs (C(OH)–C–C–N with tert-alkyl or cyclic N) is 1. The molecule has 0 saturated carbocycles. The Morgan fingerprint density at radius 1 is 1.26 bits per heavy atom. The monoisotopic (exact) mass is 263 g/mol. The maximum absolute atomic E-state index is 12.0. The van der Waals surface area contributed by atoms with E-state index in [1.807, 2.05) is 30.3 Å². The first-order valence-electron chi connectivity index (χ1n) is 6.32. The summed E-state index contributed by atoms with van der Waals surface area (Å²) in [7, 11) is 0. The van der Waals surface area contributed by atoms with Crippen molar-refractivity contribution in [1.82, 2.24) is 4.90 Å². The van der Waals surface area contributed by atoms with Crippen molar-refractivity contribution in [3.05, 3.63) is 35.9 Å². The zero-order valence-corrected chi connectivity index (χ0v) is 10.5. The number of hydrogen-bond acceptors (Lipinski definition) is 3. The van der Waals surface area contributed by atoms with Crippen LogP contribution in [0.5, 0.6) is 0 Å². The number of carboxylic acid groups (broad SMARTS) is 1. The largest absolute Gasteiger partial charge is 0.480 e. The minimum Gasteiger partial charge on any atom is -0.480 e. The van der Waals surface area contributed by atoms with E-state index in [0.717, 1.165) is 5.56 Å². The summed E-state index contributed by atoms with van der Waals surface area (Å²) in [4.78, 5) is 24.3. The highest BCUT2D eigenvalue weighted by Gasteiger charge is 2.38. The molecule has 0 bridgehead atoms. The quantitative estimate of drug-likeness (QED) is 0.836. The molecule has 2 unspecified atom stereocenters. The summed E-state index contributed by atoms with van der Waals surface area (Å²) in [6.45, 7) is 0.116. The van der Waals surface area contributed by atoms with E-state index in [4.69, 9.17) is 5.11 Å². The molecule has 1 aliphatic heterocycles. The highest BCUT2D eigenvalue weighted by molar-refractivity contribution is 5.84. The fourth-order valence-corrected chi connectivity index (χ4v) is 2.36. The Bertz CT molecular complexity index is 460. The van der Waals surface area contributed by atoms with E-state index in [9.17, 15) is 14.7 Å². The lowest BCUT2D eigenvalue weighted by Crippen LogP contribution is -2.40. The number of carboxylic acids is 1. The Kier molecular flexibility index (Phi) is 4.16. The lowest BCUT2D eigenvalue weighted by molar-refractivity contribution is -0.148. The van der Waals surface area contributed by atoms with Gasteiger partial charge in [0.25, 0.3) is 0 Å². The van der Waals surface area contributed by atoms with Crippen molar-refractivity contribution in [1.29, 1.82) is 0 Å². The van der Waals surface area contributed by atoms with Crippen molar-refractivity contribution < 1.29 is 19.8 Å². The van der Waals surface area contributed by atoms with Gasteiger partial charge >= 0.3 is 5.97 Å². The molecule has 2 atom stereocenters. The molecule has 1 saturated heterocycles. The number of carbonyl (C=O) groups excluding carboxylic acids is 1. The molecule has 1 fully saturated rings. The number of rotatable bonds is 4. The Morgan fingerprint density at radius 3 is 2.58 bits per heavy atom. The average Bonchev–Trinajstić information content (AvgIpc) is 2.79. The van der Waals surface area contributed by atoms with Crippen LogP contribution >= 0.6 is 0 Å². The molecule has 0 aromatic heterocycles. The fourth-order valence-electron chi connectivity index (χ4n) is 2.36. The zero-order valence-electron chi connectivity index (χ0n) is 10.5. The van der Waals surface area contributed by atoms with Crippen LogP contribution in [0.15, 0.2) is 30.3 Å². The lowest BCUT2D eigenvalue weighted by atomic mass is 10.1. The van der Waals surface area contributed by atoms with Crippen molar-refractivity contribution in [2.45, 2.75) is 31.4 Å². The first-order chi connectivity index (χ1) is 9.08. The Hall–Kier alpha value is -1.88. The number of aliphatic hydroxyl groups is 1. The van der Waals surface area contributed by atoms with Crippen molar-refractivity contribution in [2.75, 3.05) is 6.54 Å². The minimum absolute atomic E-state index is 0.116. The Balaban J connectivity index is 1.94. The van der Waals surface area contributed by atoms with Crippen molar-refractivity contribution in [3.63, 3.8) is 0 Å². The van der Waals surface area contributed by atoms with Crippen LogP contribution in [0.1, 0.15) is 18.4 Å². The van der Waals surface area contributed by atoms with Crippen LogP contribution in [0.3, 0.4) is 0 Å². The molecule has 1 heterocycles. The van der Waals surface area contributed by atoms with Crippen molar-refractivity contribution in [2.24, 2.45) is 0 Å². The molecule has 0 spiro atoms. The summed E-state index contributed by atoms with van der Waals surface area (Å²) in [6, 6.07) is 8.68. The number of benzene rings is 1.